The third kappa shape index (κ3) is 3.10. The standard InChI is InChI=1S/C17H17FN9.Na/c1-8(20)10-4-11(12-6-21-13(5-19)27(12)7-10)16-22-17(24-23-16)15-14(18)9(2)25-26(15)3;/h4,6-7H,1,3,5,19-20H2,2H3,(H,22,23,24);/q-1;+1. The van der Waals surface area contributed by atoms with Crippen LogP contribution in [0, 0.1) is 19.8 Å². The summed E-state index contributed by atoms with van der Waals surface area (Å²) in [4.78, 5) is 8.74. The van der Waals surface area contributed by atoms with E-state index in [1.165, 1.54) is 4.68 Å². The molecule has 0 unspecified atom stereocenters. The van der Waals surface area contributed by atoms with Gasteiger partial charge in [-0.1, -0.05) is 6.58 Å². The number of nitrogens with zero attached hydrogens (tertiary/aromatic N) is 6. The van der Waals surface area contributed by atoms with Gasteiger partial charge >= 0.3 is 29.6 Å². The van der Waals surface area contributed by atoms with Gasteiger partial charge in [0.2, 0.25) is 0 Å². The minimum absolute atomic E-state index is 0. The molecular weight excluding hydrogens is 372 g/mol. The molecule has 4 aromatic heterocycles. The summed E-state index contributed by atoms with van der Waals surface area (Å²) in [5.74, 6) is 0.714. The van der Waals surface area contributed by atoms with Crippen LogP contribution in [0.1, 0.15) is 17.1 Å². The summed E-state index contributed by atoms with van der Waals surface area (Å²) < 4.78 is 17.3. The molecule has 0 amide bonds. The first-order valence-electron chi connectivity index (χ1n) is 8.04. The molecule has 4 rings (SSSR count). The van der Waals surface area contributed by atoms with Crippen LogP contribution in [0.2, 0.25) is 0 Å². The van der Waals surface area contributed by atoms with Gasteiger partial charge in [-0.3, -0.25) is 5.10 Å². The summed E-state index contributed by atoms with van der Waals surface area (Å²) in [7, 11) is 3.68. The predicted octanol–water partition coefficient (Wildman–Crippen LogP) is -1.54. The van der Waals surface area contributed by atoms with E-state index >= 15 is 0 Å². The summed E-state index contributed by atoms with van der Waals surface area (Å²) in [6.07, 6.45) is 3.48. The normalized spacial score (nSPS) is 11.0. The van der Waals surface area contributed by atoms with Crippen LogP contribution in [0.5, 0.6) is 0 Å². The number of fused-ring (bicyclic) bond motifs is 1. The SMILES string of the molecule is C=C(N)c1cc(-c2n[nH]c(-c3c(F)c(C)nn3[CH2-])n2)c2cnc(CN)n2c1.[Na+]. The van der Waals surface area contributed by atoms with Crippen molar-refractivity contribution in [3.8, 4) is 22.9 Å². The largest absolute Gasteiger partial charge is 1.00 e. The van der Waals surface area contributed by atoms with Gasteiger partial charge in [0.25, 0.3) is 0 Å². The van der Waals surface area contributed by atoms with Gasteiger partial charge < -0.3 is 20.5 Å². The Balaban J connectivity index is 0.00000225. The van der Waals surface area contributed by atoms with Crippen LogP contribution in [-0.4, -0.2) is 34.3 Å². The first kappa shape index (κ1) is 20.1. The molecule has 0 aliphatic heterocycles. The Morgan fingerprint density at radius 1 is 1.43 bits per heavy atom. The average molecular weight is 389 g/mol. The molecule has 0 aromatic carbocycles. The summed E-state index contributed by atoms with van der Waals surface area (Å²) in [5, 5.41) is 10.9. The Labute approximate surface area is 182 Å². The molecule has 138 valence electrons. The third-order valence-electron chi connectivity index (χ3n) is 4.28. The molecule has 0 saturated carbocycles. The van der Waals surface area contributed by atoms with E-state index in [-0.39, 0.29) is 53.3 Å². The molecule has 0 atom stereocenters. The van der Waals surface area contributed by atoms with E-state index in [1.54, 1.807) is 25.4 Å². The number of hydrogen-bond donors (Lipinski definition) is 3. The maximum absolute atomic E-state index is 14.3. The summed E-state index contributed by atoms with van der Waals surface area (Å²) in [6, 6.07) is 1.80. The molecule has 0 saturated heterocycles. The molecule has 0 aliphatic carbocycles. The Bertz CT molecular complexity index is 1190. The molecule has 0 radical (unpaired) electrons. The van der Waals surface area contributed by atoms with Crippen molar-refractivity contribution in [2.75, 3.05) is 0 Å². The summed E-state index contributed by atoms with van der Waals surface area (Å²) in [5.41, 5.74) is 14.4. The van der Waals surface area contributed by atoms with E-state index in [1.807, 2.05) is 4.40 Å². The van der Waals surface area contributed by atoms with Crippen molar-refractivity contribution in [1.29, 1.82) is 0 Å². The van der Waals surface area contributed by atoms with Crippen molar-refractivity contribution in [1.82, 2.24) is 34.3 Å². The number of aromatic nitrogens is 7. The number of H-pyrrole nitrogens is 1. The quantitative estimate of drug-likeness (QED) is 0.287. The first-order chi connectivity index (χ1) is 12.9. The van der Waals surface area contributed by atoms with Crippen LogP contribution in [0.25, 0.3) is 34.1 Å². The zero-order valence-corrected chi connectivity index (χ0v) is 17.6. The number of aryl methyl sites for hydroxylation is 1. The first-order valence-corrected chi connectivity index (χ1v) is 8.04. The second-order valence-electron chi connectivity index (χ2n) is 6.06. The average Bonchev–Trinajstić information content (AvgIpc) is 3.32. The molecular formula is C17H17FN9Na. The van der Waals surface area contributed by atoms with Crippen LogP contribution < -0.4 is 41.0 Å². The van der Waals surface area contributed by atoms with Crippen LogP contribution >= 0.6 is 0 Å². The Kier molecular flexibility index (Phi) is 5.31. The van der Waals surface area contributed by atoms with Crippen molar-refractivity contribution >= 4 is 11.2 Å². The fraction of sp³-hybridized carbons (Fsp3) is 0.118. The number of imidazole rings is 1. The van der Waals surface area contributed by atoms with Crippen molar-refractivity contribution < 1.29 is 33.9 Å². The minimum atomic E-state index is -0.503. The molecule has 4 heterocycles. The van der Waals surface area contributed by atoms with Gasteiger partial charge in [-0.25, -0.2) is 19.5 Å². The number of halogens is 1. The Morgan fingerprint density at radius 2 is 2.18 bits per heavy atom. The van der Waals surface area contributed by atoms with Gasteiger partial charge in [0.15, 0.2) is 5.82 Å². The second kappa shape index (κ2) is 7.40. The minimum Gasteiger partial charge on any atom is -0.399 e. The molecule has 11 heteroatoms. The topological polar surface area (TPSA) is 129 Å². The Morgan fingerprint density at radius 3 is 2.79 bits per heavy atom. The van der Waals surface area contributed by atoms with Crippen LogP contribution in [0.4, 0.5) is 4.39 Å². The molecule has 0 aliphatic rings. The van der Waals surface area contributed by atoms with Crippen LogP contribution in [0.3, 0.4) is 0 Å². The van der Waals surface area contributed by atoms with E-state index in [2.05, 4.69) is 38.9 Å². The molecule has 28 heavy (non-hydrogen) atoms. The molecule has 0 spiro atoms. The molecule has 5 N–H and O–H groups in total. The third-order valence-corrected chi connectivity index (χ3v) is 4.28. The fourth-order valence-electron chi connectivity index (χ4n) is 2.93. The van der Waals surface area contributed by atoms with Gasteiger partial charge in [0, 0.05) is 23.0 Å². The van der Waals surface area contributed by atoms with Gasteiger partial charge in [-0.15, -0.1) is 0 Å². The van der Waals surface area contributed by atoms with Crippen molar-refractivity contribution in [3.05, 3.63) is 55.0 Å². The van der Waals surface area contributed by atoms with E-state index in [4.69, 9.17) is 11.5 Å². The molecule has 0 fully saturated rings. The van der Waals surface area contributed by atoms with Crippen LogP contribution in [0.15, 0.2) is 25.0 Å². The van der Waals surface area contributed by atoms with E-state index in [9.17, 15) is 4.39 Å². The summed E-state index contributed by atoms with van der Waals surface area (Å²) in [6.45, 7) is 5.58. The number of nitrogens with one attached hydrogen (secondary N) is 1. The molecule has 0 bridgehead atoms. The van der Waals surface area contributed by atoms with Crippen molar-refractivity contribution in [2.45, 2.75) is 13.5 Å². The van der Waals surface area contributed by atoms with E-state index in [0.717, 1.165) is 5.52 Å². The number of hydrogen-bond acceptors (Lipinski definition) is 6. The zero-order chi connectivity index (χ0) is 19.3. The fourth-order valence-corrected chi connectivity index (χ4v) is 2.93. The number of pyridine rings is 1. The van der Waals surface area contributed by atoms with E-state index < -0.39 is 5.82 Å². The smallest absolute Gasteiger partial charge is 0.399 e. The van der Waals surface area contributed by atoms with Gasteiger partial charge in [0.1, 0.15) is 5.82 Å². The van der Waals surface area contributed by atoms with E-state index in [0.29, 0.717) is 28.5 Å². The monoisotopic (exact) mass is 389 g/mol. The number of aromatic amines is 1. The maximum atomic E-state index is 14.3. The van der Waals surface area contributed by atoms with Gasteiger partial charge in [0.05, 0.1) is 35.6 Å². The number of nitrogens with two attached hydrogens (primary N) is 2. The predicted molar refractivity (Wildman–Crippen MR) is 98.4 cm³/mol. The zero-order valence-electron chi connectivity index (χ0n) is 15.6. The second-order valence-corrected chi connectivity index (χ2v) is 6.06. The molecule has 9 nitrogen and oxygen atoms in total. The summed E-state index contributed by atoms with van der Waals surface area (Å²) >= 11 is 0. The van der Waals surface area contributed by atoms with Crippen LogP contribution in [-0.2, 0) is 6.54 Å². The Hall–Kier alpha value is -2.66. The maximum Gasteiger partial charge on any atom is 1.00 e. The van der Waals surface area contributed by atoms with Crippen molar-refractivity contribution in [2.24, 2.45) is 11.5 Å². The van der Waals surface area contributed by atoms with Gasteiger partial charge in [-0.05, 0) is 18.7 Å². The number of rotatable bonds is 4. The molecule has 4 aromatic rings. The van der Waals surface area contributed by atoms with Gasteiger partial charge in [-0.2, -0.15) is 12.1 Å². The van der Waals surface area contributed by atoms with Crippen molar-refractivity contribution in [3.63, 3.8) is 0 Å².